The summed E-state index contributed by atoms with van der Waals surface area (Å²) in [5.41, 5.74) is 11.8. The smallest absolute Gasteiger partial charge is 0.325 e. The monoisotopic (exact) mass is 521 g/mol. The molecule has 0 aliphatic heterocycles. The van der Waals surface area contributed by atoms with Gasteiger partial charge in [-0.3, -0.25) is 9.55 Å². The van der Waals surface area contributed by atoms with E-state index in [1.165, 1.54) is 5.56 Å². The van der Waals surface area contributed by atoms with Crippen LogP contribution in [0.15, 0.2) is 48.7 Å². The summed E-state index contributed by atoms with van der Waals surface area (Å²) < 4.78 is 17.8. The van der Waals surface area contributed by atoms with Gasteiger partial charge in [-0.15, -0.1) is 0 Å². The van der Waals surface area contributed by atoms with Crippen molar-refractivity contribution in [2.24, 2.45) is 0 Å². The van der Waals surface area contributed by atoms with Gasteiger partial charge in [-0.05, 0) is 92.5 Å². The molecular weight excluding hydrogens is 485 g/mol. The highest BCUT2D eigenvalue weighted by atomic mass is 31.2. The second-order valence-electron chi connectivity index (χ2n) is 9.98. The molecule has 4 aromatic rings. The van der Waals surface area contributed by atoms with Crippen molar-refractivity contribution in [3.8, 4) is 5.75 Å². The fourth-order valence-corrected chi connectivity index (χ4v) is 5.59. The molecule has 0 bridgehead atoms. The van der Waals surface area contributed by atoms with Crippen LogP contribution in [0.1, 0.15) is 55.4 Å². The van der Waals surface area contributed by atoms with Crippen LogP contribution < -0.4 is 10.5 Å². The molecule has 37 heavy (non-hydrogen) atoms. The van der Waals surface area contributed by atoms with E-state index >= 15 is 0 Å². The van der Waals surface area contributed by atoms with Crippen LogP contribution >= 0.6 is 7.60 Å². The van der Waals surface area contributed by atoms with Crippen LogP contribution in [-0.4, -0.2) is 31.5 Å². The second kappa shape index (κ2) is 10.8. The largest absolute Gasteiger partial charge is 0.487 e. The number of hydrogen-bond acceptors (Lipinski definition) is 5. The third kappa shape index (κ3) is 6.30. The van der Waals surface area contributed by atoms with Crippen molar-refractivity contribution in [1.82, 2.24) is 9.97 Å². The van der Waals surface area contributed by atoms with E-state index in [2.05, 4.69) is 41.2 Å². The highest BCUT2D eigenvalue weighted by Crippen LogP contribution is 2.40. The van der Waals surface area contributed by atoms with E-state index in [1.807, 2.05) is 45.2 Å². The number of nitrogens with two attached hydrogens (primary N) is 1. The molecule has 0 spiro atoms. The summed E-state index contributed by atoms with van der Waals surface area (Å²) in [5, 5.41) is 2.07. The summed E-state index contributed by atoms with van der Waals surface area (Å²) in [6.45, 7) is 8.10. The van der Waals surface area contributed by atoms with Crippen molar-refractivity contribution in [3.63, 3.8) is 0 Å². The van der Waals surface area contributed by atoms with Crippen molar-refractivity contribution < 1.29 is 19.1 Å². The molecule has 2 aromatic carbocycles. The Hall–Kier alpha value is -2.99. The lowest BCUT2D eigenvalue weighted by atomic mass is 9.93. The van der Waals surface area contributed by atoms with Gasteiger partial charge in [0, 0.05) is 17.0 Å². The average Bonchev–Trinajstić information content (AvgIpc) is 2.85. The van der Waals surface area contributed by atoms with E-state index in [1.54, 1.807) is 0 Å². The molecular formula is C29H36N3O4P. The van der Waals surface area contributed by atoms with E-state index in [4.69, 9.17) is 10.5 Å². The van der Waals surface area contributed by atoms with E-state index in [-0.39, 0.29) is 6.16 Å². The third-order valence-corrected chi connectivity index (χ3v) is 8.16. The zero-order valence-electron chi connectivity index (χ0n) is 22.0. The lowest BCUT2D eigenvalue weighted by Gasteiger charge is -2.33. The van der Waals surface area contributed by atoms with Gasteiger partial charge in [0.1, 0.15) is 16.9 Å². The maximum atomic E-state index is 11.4. The molecule has 196 valence electrons. The minimum atomic E-state index is -4.08. The average molecular weight is 522 g/mol. The molecule has 0 amide bonds. The Kier molecular flexibility index (Phi) is 7.88. The van der Waals surface area contributed by atoms with E-state index < -0.39 is 13.2 Å². The Bertz CT molecular complexity index is 1480. The minimum absolute atomic E-state index is 0.178. The van der Waals surface area contributed by atoms with Gasteiger partial charge in [0.25, 0.3) is 0 Å². The van der Waals surface area contributed by atoms with Crippen LogP contribution in [0, 0.1) is 13.8 Å². The lowest BCUT2D eigenvalue weighted by Crippen LogP contribution is -2.35. The number of pyridine rings is 2. The number of nitrogens with zero attached hydrogens (tertiary/aromatic N) is 2. The number of nitrogen functional groups attached to an aromatic ring is 1. The number of ether oxygens (including phenoxy) is 1. The van der Waals surface area contributed by atoms with Crippen LogP contribution in [0.4, 0.5) is 5.82 Å². The molecule has 0 atom stereocenters. The molecule has 0 aliphatic rings. The topological polar surface area (TPSA) is 119 Å². The predicted octanol–water partition coefficient (Wildman–Crippen LogP) is 6.27. The predicted molar refractivity (Wildman–Crippen MR) is 150 cm³/mol. The standard InChI is InChI=1S/C29H36N3O4P/c1-5-29(6-2,13-14-37(33,34)35)36-23-11-10-22(20(4)16-23)9-8-21-17-25-24-12-7-19(3)15-26(24)32-28(30)27(25)31-18-21/h7,10-12,15-18H,5-6,8-9,13-14H2,1-4H3,(H2,30,32)(H2,33,34,35). The van der Waals surface area contributed by atoms with Gasteiger partial charge in [0.15, 0.2) is 5.82 Å². The SMILES string of the molecule is CCC(CC)(CCP(=O)(O)O)Oc1ccc(CCc2cnc3c(N)nc4cc(C)ccc4c3c2)c(C)c1. The summed E-state index contributed by atoms with van der Waals surface area (Å²) in [6, 6.07) is 14.4. The molecule has 0 saturated carbocycles. The number of benzene rings is 2. The van der Waals surface area contributed by atoms with Crippen molar-refractivity contribution in [1.29, 1.82) is 0 Å². The third-order valence-electron chi connectivity index (χ3n) is 7.35. The van der Waals surface area contributed by atoms with Gasteiger partial charge >= 0.3 is 7.60 Å². The zero-order chi connectivity index (χ0) is 26.8. The maximum absolute atomic E-state index is 11.4. The summed E-state index contributed by atoms with van der Waals surface area (Å²) in [7, 11) is -4.08. The summed E-state index contributed by atoms with van der Waals surface area (Å²) in [5.74, 6) is 1.18. The Morgan fingerprint density at radius 3 is 2.43 bits per heavy atom. The normalized spacial score (nSPS) is 12.4. The van der Waals surface area contributed by atoms with Gasteiger partial charge in [-0.1, -0.05) is 32.0 Å². The highest BCUT2D eigenvalue weighted by molar-refractivity contribution is 7.51. The van der Waals surface area contributed by atoms with E-state index in [0.29, 0.717) is 25.1 Å². The zero-order valence-corrected chi connectivity index (χ0v) is 22.9. The van der Waals surface area contributed by atoms with Gasteiger partial charge in [0.2, 0.25) is 0 Å². The molecule has 0 saturated heterocycles. The number of aromatic nitrogens is 2. The van der Waals surface area contributed by atoms with Crippen molar-refractivity contribution in [3.05, 3.63) is 70.9 Å². The molecule has 7 nitrogen and oxygen atoms in total. The first-order chi connectivity index (χ1) is 17.5. The first-order valence-corrected chi connectivity index (χ1v) is 14.6. The Balaban J connectivity index is 1.52. The Labute approximate surface area is 218 Å². The first-order valence-electron chi connectivity index (χ1n) is 12.8. The van der Waals surface area contributed by atoms with Crippen LogP contribution in [0.25, 0.3) is 21.8 Å². The number of rotatable bonds is 10. The molecule has 4 rings (SSSR count). The quantitative estimate of drug-likeness (QED) is 0.166. The van der Waals surface area contributed by atoms with Gasteiger partial charge in [-0.25, -0.2) is 4.98 Å². The molecule has 0 radical (unpaired) electrons. The van der Waals surface area contributed by atoms with Gasteiger partial charge in [0.05, 0.1) is 11.7 Å². The first kappa shape index (κ1) is 27.1. The molecule has 0 unspecified atom stereocenters. The van der Waals surface area contributed by atoms with E-state index in [0.717, 1.165) is 57.1 Å². The molecule has 0 fully saturated rings. The summed E-state index contributed by atoms with van der Waals surface area (Å²) in [6.07, 6.45) is 5.04. The van der Waals surface area contributed by atoms with Crippen LogP contribution in [0.3, 0.4) is 0 Å². The number of aryl methyl sites for hydroxylation is 4. The molecule has 2 aromatic heterocycles. The van der Waals surface area contributed by atoms with Crippen LogP contribution in [-0.2, 0) is 17.4 Å². The number of anilines is 1. The number of fused-ring (bicyclic) bond motifs is 3. The minimum Gasteiger partial charge on any atom is -0.487 e. The van der Waals surface area contributed by atoms with Crippen LogP contribution in [0.2, 0.25) is 0 Å². The van der Waals surface area contributed by atoms with E-state index in [9.17, 15) is 14.4 Å². The number of hydrogen-bond donors (Lipinski definition) is 3. The Morgan fingerprint density at radius 1 is 1.00 bits per heavy atom. The lowest BCUT2D eigenvalue weighted by molar-refractivity contribution is 0.0556. The van der Waals surface area contributed by atoms with Crippen molar-refractivity contribution in [2.75, 3.05) is 11.9 Å². The van der Waals surface area contributed by atoms with Crippen molar-refractivity contribution >= 4 is 35.2 Å². The van der Waals surface area contributed by atoms with Crippen molar-refractivity contribution in [2.45, 2.75) is 65.4 Å². The maximum Gasteiger partial charge on any atom is 0.325 e. The second-order valence-corrected chi connectivity index (χ2v) is 11.8. The molecule has 0 aliphatic carbocycles. The molecule has 4 N–H and O–H groups in total. The molecule has 2 heterocycles. The fraction of sp³-hybridized carbons (Fsp3) is 0.379. The summed E-state index contributed by atoms with van der Waals surface area (Å²) in [4.78, 5) is 27.9. The molecule has 8 heteroatoms. The highest BCUT2D eigenvalue weighted by Gasteiger charge is 2.31. The Morgan fingerprint density at radius 2 is 1.76 bits per heavy atom. The van der Waals surface area contributed by atoms with Crippen LogP contribution in [0.5, 0.6) is 5.75 Å². The summed E-state index contributed by atoms with van der Waals surface area (Å²) >= 11 is 0. The van der Waals surface area contributed by atoms with Gasteiger partial charge in [-0.2, -0.15) is 0 Å². The fourth-order valence-electron chi connectivity index (χ4n) is 4.89. The van der Waals surface area contributed by atoms with Gasteiger partial charge < -0.3 is 20.3 Å².